The maximum absolute atomic E-state index is 0. The van der Waals surface area contributed by atoms with Gasteiger partial charge in [-0.1, -0.05) is 0 Å². The van der Waals surface area contributed by atoms with Gasteiger partial charge in [0, 0.05) is 77.2 Å². The third-order valence-electron chi connectivity index (χ3n) is 0. The average molecular weight is 234 g/mol. The molecule has 0 N–H and O–H groups in total. The molecule has 0 atom stereocenters. The normalized spacial score (nSPS) is 0. The fourth-order valence-electron chi connectivity index (χ4n) is 0. The smallest absolute Gasteiger partial charge is 0 e. The standard InChI is InChI=1S/Al.Cu.Mo.Ti. The molecule has 0 aliphatic carbocycles. The van der Waals surface area contributed by atoms with Crippen molar-refractivity contribution in [3.63, 3.8) is 0 Å². The third-order valence-corrected chi connectivity index (χ3v) is 0. The average Bonchev–Trinajstić information content (AvgIpc) is 0. The molecule has 4 radical (unpaired) electrons. The molecule has 0 aliphatic heterocycles. The van der Waals surface area contributed by atoms with E-state index in [9.17, 15) is 0 Å². The van der Waals surface area contributed by atoms with Crippen LogP contribution in [0.15, 0.2) is 0 Å². The van der Waals surface area contributed by atoms with Crippen LogP contribution < -0.4 is 0 Å². The van der Waals surface area contributed by atoms with E-state index in [1.165, 1.54) is 0 Å². The zero-order valence-corrected chi connectivity index (χ0v) is 7.45. The summed E-state index contributed by atoms with van der Waals surface area (Å²) in [6.07, 6.45) is 0. The summed E-state index contributed by atoms with van der Waals surface area (Å²) in [5.41, 5.74) is 0. The van der Waals surface area contributed by atoms with Gasteiger partial charge in [-0.15, -0.1) is 0 Å². The van der Waals surface area contributed by atoms with Gasteiger partial charge in [-0.3, -0.25) is 0 Å². The van der Waals surface area contributed by atoms with Crippen LogP contribution in [0.2, 0.25) is 0 Å². The van der Waals surface area contributed by atoms with Gasteiger partial charge in [-0.25, -0.2) is 0 Å². The molecular weight excluding hydrogens is 234 g/mol. The Balaban J connectivity index is 0. The largest absolute Gasteiger partial charge is 0 e. The van der Waals surface area contributed by atoms with E-state index in [-0.39, 0.29) is 77.2 Å². The van der Waals surface area contributed by atoms with Gasteiger partial charge in [0.1, 0.15) is 0 Å². The Bertz CT molecular complexity index is 8.00. The van der Waals surface area contributed by atoms with Gasteiger partial charge in [0.15, 0.2) is 0 Å². The monoisotopic (exact) mass is 236 g/mol. The molecule has 0 rings (SSSR count). The van der Waals surface area contributed by atoms with E-state index in [1.807, 2.05) is 0 Å². The quantitative estimate of drug-likeness (QED) is 0.501. The summed E-state index contributed by atoms with van der Waals surface area (Å²) in [6.45, 7) is 0. The minimum absolute atomic E-state index is 0. The molecule has 0 saturated heterocycles. The molecule has 0 bridgehead atoms. The molecule has 0 heterocycles. The van der Waals surface area contributed by atoms with E-state index in [2.05, 4.69) is 0 Å². The van der Waals surface area contributed by atoms with E-state index >= 15 is 0 Å². The molecule has 0 aromatic carbocycles. The zero-order valence-electron chi connectivity index (χ0n) is 1.79. The third kappa shape index (κ3) is 8.82. The fraction of sp³-hybridized carbons (Fsp3) is 0. The van der Waals surface area contributed by atoms with Gasteiger partial charge in [0.25, 0.3) is 0 Å². The van der Waals surface area contributed by atoms with Gasteiger partial charge in [0.2, 0.25) is 0 Å². The van der Waals surface area contributed by atoms with Crippen LogP contribution in [-0.2, 0) is 59.9 Å². The first-order valence-corrected chi connectivity index (χ1v) is 0. The molecule has 0 spiro atoms. The van der Waals surface area contributed by atoms with Crippen molar-refractivity contribution in [3.05, 3.63) is 0 Å². The summed E-state index contributed by atoms with van der Waals surface area (Å²) < 4.78 is 0. The zero-order chi connectivity index (χ0) is 0. The summed E-state index contributed by atoms with van der Waals surface area (Å²) in [7, 11) is 0. The van der Waals surface area contributed by atoms with E-state index in [4.69, 9.17) is 0 Å². The summed E-state index contributed by atoms with van der Waals surface area (Å²) in [5.74, 6) is 0. The molecule has 24 valence electrons. The topological polar surface area (TPSA) is 0 Å². The predicted molar refractivity (Wildman–Crippen MR) is 5.75 cm³/mol. The van der Waals surface area contributed by atoms with Crippen molar-refractivity contribution in [1.82, 2.24) is 0 Å². The van der Waals surface area contributed by atoms with Crippen LogP contribution in [0, 0.1) is 0 Å². The Morgan fingerprint density at radius 3 is 1.00 bits per heavy atom. The SMILES string of the molecule is [Al].[Cu].[Mo].[Ti]. The summed E-state index contributed by atoms with van der Waals surface area (Å²) in [4.78, 5) is 0. The fourth-order valence-corrected chi connectivity index (χ4v) is 0. The van der Waals surface area contributed by atoms with Crippen molar-refractivity contribution in [3.8, 4) is 0 Å². The first kappa shape index (κ1) is 31.9. The van der Waals surface area contributed by atoms with Gasteiger partial charge < -0.3 is 0 Å². The minimum atomic E-state index is 0. The van der Waals surface area contributed by atoms with Crippen molar-refractivity contribution in [2.45, 2.75) is 0 Å². The summed E-state index contributed by atoms with van der Waals surface area (Å²) in [6, 6.07) is 0. The van der Waals surface area contributed by atoms with E-state index in [0.717, 1.165) is 0 Å². The van der Waals surface area contributed by atoms with Crippen molar-refractivity contribution < 1.29 is 59.9 Å². The maximum atomic E-state index is 0. The first-order chi connectivity index (χ1) is 0. The Kier molecular flexibility index (Phi) is 143. The molecule has 0 nitrogen and oxygen atoms in total. The molecule has 0 amide bonds. The van der Waals surface area contributed by atoms with Gasteiger partial charge in [-0.05, 0) is 0 Å². The Hall–Kier alpha value is 2.45. The van der Waals surface area contributed by atoms with Gasteiger partial charge >= 0.3 is 0 Å². The minimum Gasteiger partial charge on any atom is 0 e. The van der Waals surface area contributed by atoms with Crippen LogP contribution in [0.3, 0.4) is 0 Å². The van der Waals surface area contributed by atoms with Crippen molar-refractivity contribution >= 4 is 17.4 Å². The van der Waals surface area contributed by atoms with Crippen molar-refractivity contribution in [1.29, 1.82) is 0 Å². The molecule has 0 fully saturated rings. The van der Waals surface area contributed by atoms with Gasteiger partial charge in [-0.2, -0.15) is 0 Å². The second-order valence-electron chi connectivity index (χ2n) is 0. The first-order valence-electron chi connectivity index (χ1n) is 0. The second kappa shape index (κ2) is 18.0. The molecule has 0 aliphatic rings. The maximum Gasteiger partial charge on any atom is 0 e. The Labute approximate surface area is 76.2 Å². The molecule has 4 heavy (non-hydrogen) atoms. The van der Waals surface area contributed by atoms with Gasteiger partial charge in [0.05, 0.1) is 0 Å². The summed E-state index contributed by atoms with van der Waals surface area (Å²) >= 11 is 0. The van der Waals surface area contributed by atoms with Crippen LogP contribution in [0.1, 0.15) is 0 Å². The number of hydrogen-bond acceptors (Lipinski definition) is 0. The molecule has 0 aromatic rings. The van der Waals surface area contributed by atoms with Crippen molar-refractivity contribution in [2.24, 2.45) is 0 Å². The molecule has 0 aromatic heterocycles. The van der Waals surface area contributed by atoms with E-state index in [0.29, 0.717) is 0 Å². The molecular formula is AlCuMoTi. The van der Waals surface area contributed by atoms with Crippen LogP contribution in [0.5, 0.6) is 0 Å². The van der Waals surface area contributed by atoms with E-state index in [1.54, 1.807) is 0 Å². The number of hydrogen-bond donors (Lipinski definition) is 0. The second-order valence-corrected chi connectivity index (χ2v) is 0. The molecule has 4 heteroatoms. The van der Waals surface area contributed by atoms with Crippen LogP contribution >= 0.6 is 0 Å². The Morgan fingerprint density at radius 1 is 1.00 bits per heavy atom. The van der Waals surface area contributed by atoms with Crippen LogP contribution in [0.25, 0.3) is 0 Å². The van der Waals surface area contributed by atoms with E-state index < -0.39 is 0 Å². The molecule has 0 unspecified atom stereocenters. The molecule has 0 saturated carbocycles. The predicted octanol–water partition coefficient (Wildman–Crippen LogP) is -0.388. The van der Waals surface area contributed by atoms with Crippen LogP contribution in [0.4, 0.5) is 0 Å². The number of rotatable bonds is 0. The Morgan fingerprint density at radius 2 is 1.00 bits per heavy atom. The van der Waals surface area contributed by atoms with Crippen LogP contribution in [-0.4, -0.2) is 17.4 Å². The van der Waals surface area contributed by atoms with Crippen molar-refractivity contribution in [2.75, 3.05) is 0 Å². The summed E-state index contributed by atoms with van der Waals surface area (Å²) in [5, 5.41) is 0.